The molecule has 1 aliphatic heterocycles. The maximum Gasteiger partial charge on any atom is 0.338 e. The maximum absolute atomic E-state index is 13.0. The summed E-state index contributed by atoms with van der Waals surface area (Å²) in [6, 6.07) is 15.0. The highest BCUT2D eigenvalue weighted by atomic mass is 35.5. The molecule has 0 radical (unpaired) electrons. The Bertz CT molecular complexity index is 1070. The van der Waals surface area contributed by atoms with Crippen LogP contribution in [0.1, 0.15) is 42.8 Å². The minimum atomic E-state index is -0.836. The number of amides is 3. The lowest BCUT2D eigenvalue weighted by atomic mass is 9.94. The number of carbonyl (C=O) groups is 3. The monoisotopic (exact) mass is 499 g/mol. The van der Waals surface area contributed by atoms with E-state index in [9.17, 15) is 14.4 Å². The molecule has 3 rings (SSSR count). The van der Waals surface area contributed by atoms with E-state index in [-0.39, 0.29) is 25.2 Å². The van der Waals surface area contributed by atoms with Crippen LogP contribution < -0.4 is 10.6 Å². The summed E-state index contributed by atoms with van der Waals surface area (Å²) in [6.45, 7) is 4.55. The van der Waals surface area contributed by atoms with Gasteiger partial charge >= 0.3 is 12.0 Å². The van der Waals surface area contributed by atoms with E-state index >= 15 is 0 Å². The number of hydrogen-bond acceptors (Lipinski definition) is 5. The third-order valence-electron chi connectivity index (χ3n) is 5.62. The number of alkyl halides is 1. The van der Waals surface area contributed by atoms with Gasteiger partial charge in [0.05, 0.1) is 18.2 Å². The lowest BCUT2D eigenvalue weighted by Crippen LogP contribution is -2.48. The molecule has 1 heterocycles. The summed E-state index contributed by atoms with van der Waals surface area (Å²) in [6.07, 6.45) is 0.736. The Morgan fingerprint density at radius 1 is 1.11 bits per heavy atom. The minimum absolute atomic E-state index is 0.104. The molecule has 2 N–H and O–H groups in total. The molecule has 2 aromatic rings. The van der Waals surface area contributed by atoms with E-state index in [1.54, 1.807) is 48.2 Å². The normalized spacial score (nSPS) is 16.5. The molecule has 0 spiro atoms. The molecule has 0 fully saturated rings. The zero-order valence-corrected chi connectivity index (χ0v) is 20.8. The summed E-state index contributed by atoms with van der Waals surface area (Å²) in [7, 11) is 1.53. The Morgan fingerprint density at radius 2 is 1.80 bits per heavy atom. The number of halogens is 1. The average molecular weight is 500 g/mol. The Morgan fingerprint density at radius 3 is 2.43 bits per heavy atom. The van der Waals surface area contributed by atoms with Crippen molar-refractivity contribution in [3.05, 3.63) is 77.0 Å². The number of esters is 1. The molecule has 9 heteroatoms. The Labute approximate surface area is 210 Å². The van der Waals surface area contributed by atoms with Crippen LogP contribution in [-0.2, 0) is 19.1 Å². The second-order valence-corrected chi connectivity index (χ2v) is 8.48. The van der Waals surface area contributed by atoms with Crippen molar-refractivity contribution in [1.82, 2.24) is 10.2 Å². The van der Waals surface area contributed by atoms with E-state index in [2.05, 4.69) is 10.6 Å². The highest BCUT2D eigenvalue weighted by molar-refractivity contribution is 6.32. The van der Waals surface area contributed by atoms with Gasteiger partial charge in [0.2, 0.25) is 5.91 Å². The predicted molar refractivity (Wildman–Crippen MR) is 134 cm³/mol. The Balaban J connectivity index is 1.81. The number of ether oxygens (including phenoxy) is 2. The van der Waals surface area contributed by atoms with Crippen LogP contribution in [0.15, 0.2) is 65.9 Å². The second kappa shape index (κ2) is 12.4. The summed E-state index contributed by atoms with van der Waals surface area (Å²) in [4.78, 5) is 39.8. The summed E-state index contributed by atoms with van der Waals surface area (Å²) in [5, 5.41) is 4.87. The molecule has 0 bridgehead atoms. The third-order valence-corrected chi connectivity index (χ3v) is 6.07. The number of nitrogens with zero attached hydrogens (tertiary/aromatic N) is 1. The van der Waals surface area contributed by atoms with Crippen LogP contribution in [0.3, 0.4) is 0 Å². The summed E-state index contributed by atoms with van der Waals surface area (Å²) in [5.74, 6) is -0.874. The van der Waals surface area contributed by atoms with Gasteiger partial charge in [0.15, 0.2) is 0 Å². The summed E-state index contributed by atoms with van der Waals surface area (Å²) >= 11 is 6.31. The number of nitrogens with one attached hydrogen (secondary N) is 2. The van der Waals surface area contributed by atoms with Gasteiger partial charge in [-0.3, -0.25) is 9.69 Å². The number of anilines is 1. The van der Waals surface area contributed by atoms with Crippen LogP contribution in [-0.4, -0.2) is 49.7 Å². The lowest BCUT2D eigenvalue weighted by Gasteiger charge is -2.35. The summed E-state index contributed by atoms with van der Waals surface area (Å²) in [5.41, 5.74) is 2.82. The van der Waals surface area contributed by atoms with Crippen molar-refractivity contribution >= 4 is 35.2 Å². The van der Waals surface area contributed by atoms with E-state index in [0.29, 0.717) is 34.6 Å². The van der Waals surface area contributed by atoms with Crippen molar-refractivity contribution in [2.45, 2.75) is 31.7 Å². The zero-order chi connectivity index (χ0) is 25.4. The minimum Gasteiger partial charge on any atom is -0.460 e. The van der Waals surface area contributed by atoms with Crippen LogP contribution >= 0.6 is 11.6 Å². The first-order valence-corrected chi connectivity index (χ1v) is 11.9. The molecule has 0 aromatic heterocycles. The third kappa shape index (κ3) is 6.41. The topological polar surface area (TPSA) is 97.0 Å². The molecule has 2 aromatic carbocycles. The van der Waals surface area contributed by atoms with E-state index in [4.69, 9.17) is 21.1 Å². The van der Waals surface area contributed by atoms with Crippen LogP contribution in [0, 0.1) is 0 Å². The van der Waals surface area contributed by atoms with Crippen LogP contribution in [0.5, 0.6) is 0 Å². The van der Waals surface area contributed by atoms with Crippen molar-refractivity contribution in [2.24, 2.45) is 0 Å². The van der Waals surface area contributed by atoms with E-state index in [0.717, 1.165) is 6.42 Å². The lowest BCUT2D eigenvalue weighted by molar-refractivity contribution is -0.141. The van der Waals surface area contributed by atoms with Gasteiger partial charge in [-0.2, -0.15) is 0 Å². The van der Waals surface area contributed by atoms with Gasteiger partial charge in [-0.05, 0) is 36.6 Å². The van der Waals surface area contributed by atoms with Crippen molar-refractivity contribution < 1.29 is 23.9 Å². The Kier molecular flexibility index (Phi) is 9.28. The largest absolute Gasteiger partial charge is 0.460 e. The quantitative estimate of drug-likeness (QED) is 0.284. The number of benzene rings is 2. The highest BCUT2D eigenvalue weighted by Crippen LogP contribution is 2.32. The molecular weight excluding hydrogens is 470 g/mol. The molecule has 186 valence electrons. The zero-order valence-electron chi connectivity index (χ0n) is 20.0. The van der Waals surface area contributed by atoms with Crippen LogP contribution in [0.4, 0.5) is 10.5 Å². The van der Waals surface area contributed by atoms with Gasteiger partial charge in [0.25, 0.3) is 0 Å². The Hall–Kier alpha value is -3.36. The number of carbonyl (C=O) groups excluding carboxylic acids is 3. The first-order valence-electron chi connectivity index (χ1n) is 11.4. The number of urea groups is 1. The number of allylic oxidation sites excluding steroid dienone is 1. The standard InChI is InChI=1S/C26H30ClN3O5/c1-4-14-30-17(2)21(25(32)35-16-15-34-3)23(29-26(30)33)19-10-12-20(13-11-19)28-24(31)22(27)18-8-6-5-7-9-18/h5-13,22-23H,4,14-16H2,1-3H3,(H,28,31)(H,29,33). The van der Waals surface area contributed by atoms with Gasteiger partial charge in [0, 0.05) is 25.0 Å². The van der Waals surface area contributed by atoms with Crippen molar-refractivity contribution in [3.63, 3.8) is 0 Å². The summed E-state index contributed by atoms with van der Waals surface area (Å²) < 4.78 is 10.3. The first-order chi connectivity index (χ1) is 16.9. The number of hydrogen-bond donors (Lipinski definition) is 2. The van der Waals surface area contributed by atoms with Gasteiger partial charge in [-0.1, -0.05) is 49.4 Å². The van der Waals surface area contributed by atoms with Crippen molar-refractivity contribution in [3.8, 4) is 0 Å². The van der Waals surface area contributed by atoms with Gasteiger partial charge in [-0.15, -0.1) is 11.6 Å². The van der Waals surface area contributed by atoms with Crippen LogP contribution in [0.25, 0.3) is 0 Å². The van der Waals surface area contributed by atoms with Crippen molar-refractivity contribution in [2.75, 3.05) is 32.2 Å². The molecule has 2 atom stereocenters. The molecule has 0 saturated heterocycles. The van der Waals surface area contributed by atoms with E-state index in [1.165, 1.54) is 7.11 Å². The van der Waals surface area contributed by atoms with Crippen LogP contribution in [0.2, 0.25) is 0 Å². The SMILES string of the molecule is CCCN1C(=O)NC(c2ccc(NC(=O)C(Cl)c3ccccc3)cc2)C(C(=O)OCCOC)=C1C. The van der Waals surface area contributed by atoms with E-state index < -0.39 is 17.4 Å². The number of rotatable bonds is 10. The average Bonchev–Trinajstić information content (AvgIpc) is 2.86. The maximum atomic E-state index is 13.0. The molecule has 0 aliphatic carbocycles. The molecule has 0 saturated carbocycles. The fourth-order valence-electron chi connectivity index (χ4n) is 3.82. The first kappa shape index (κ1) is 26.2. The van der Waals surface area contributed by atoms with Crippen molar-refractivity contribution in [1.29, 1.82) is 0 Å². The van der Waals surface area contributed by atoms with Gasteiger partial charge < -0.3 is 20.1 Å². The fourth-order valence-corrected chi connectivity index (χ4v) is 4.02. The molecule has 8 nitrogen and oxygen atoms in total. The smallest absolute Gasteiger partial charge is 0.338 e. The molecule has 3 amide bonds. The molecule has 2 unspecified atom stereocenters. The fraction of sp³-hybridized carbons (Fsp3) is 0.346. The second-order valence-electron chi connectivity index (χ2n) is 8.05. The number of methoxy groups -OCH3 is 1. The molecule has 1 aliphatic rings. The molecular formula is C26H30ClN3O5. The molecule has 35 heavy (non-hydrogen) atoms. The van der Waals surface area contributed by atoms with Gasteiger partial charge in [0.1, 0.15) is 12.0 Å². The highest BCUT2D eigenvalue weighted by Gasteiger charge is 2.36. The van der Waals surface area contributed by atoms with E-state index in [1.807, 2.05) is 25.1 Å². The van der Waals surface area contributed by atoms with Gasteiger partial charge in [-0.25, -0.2) is 9.59 Å². The predicted octanol–water partition coefficient (Wildman–Crippen LogP) is 4.55.